The van der Waals surface area contributed by atoms with E-state index in [-0.39, 0.29) is 47.8 Å². The van der Waals surface area contributed by atoms with Gasteiger partial charge in [0.25, 0.3) is 5.76 Å². The summed E-state index contributed by atoms with van der Waals surface area (Å²) in [4.78, 5) is 53.5. The number of methoxy groups -OCH3 is 1. The largest absolute Gasteiger partial charge is 0.505 e. The summed E-state index contributed by atoms with van der Waals surface area (Å²) in [6, 6.07) is 5.24. The highest BCUT2D eigenvalue weighted by atomic mass is 16.7. The molecule has 1 saturated carbocycles. The molecule has 0 radical (unpaired) electrons. The lowest BCUT2D eigenvalue weighted by Gasteiger charge is -2.51. The van der Waals surface area contributed by atoms with Gasteiger partial charge in [0.15, 0.2) is 23.8 Å². The number of hydrogen-bond donors (Lipinski definition) is 3. The van der Waals surface area contributed by atoms with Crippen molar-refractivity contribution in [1.29, 1.82) is 0 Å². The molecule has 0 amide bonds. The molecule has 7 rings (SSSR count). The molecular weight excluding hydrogens is 736 g/mol. The third-order valence-corrected chi connectivity index (χ3v) is 13.3. The third kappa shape index (κ3) is 7.31. The Bertz CT molecular complexity index is 1880. The number of rotatable bonds is 6. The van der Waals surface area contributed by atoms with E-state index in [1.165, 1.54) is 13.2 Å². The number of allylic oxidation sites excluding steroid dienone is 2. The van der Waals surface area contributed by atoms with Crippen molar-refractivity contribution in [3.05, 3.63) is 76.8 Å². The number of esters is 3. The Morgan fingerprint density at radius 2 is 1.81 bits per heavy atom. The van der Waals surface area contributed by atoms with Crippen LogP contribution in [-0.4, -0.2) is 82.6 Å². The molecule has 13 heteroatoms. The van der Waals surface area contributed by atoms with Gasteiger partial charge in [0.05, 0.1) is 30.8 Å². The Morgan fingerprint density at radius 1 is 1.02 bits per heavy atom. The van der Waals surface area contributed by atoms with Crippen LogP contribution in [0.1, 0.15) is 94.5 Å². The smallest absolute Gasteiger partial charge is 0.379 e. The Morgan fingerprint density at radius 3 is 2.54 bits per heavy atom. The molecule has 2 bridgehead atoms. The summed E-state index contributed by atoms with van der Waals surface area (Å²) in [6.07, 6.45) is 10.6. The summed E-state index contributed by atoms with van der Waals surface area (Å²) >= 11 is 0. The zero-order valence-electron chi connectivity index (χ0n) is 33.2. The van der Waals surface area contributed by atoms with Crippen molar-refractivity contribution in [2.45, 2.75) is 122 Å². The fraction of sp³-hybridized carbons (Fsp3) is 0.591. The van der Waals surface area contributed by atoms with Crippen LogP contribution >= 0.6 is 0 Å². The number of carboxylic acid groups (broad SMARTS) is 1. The van der Waals surface area contributed by atoms with Crippen LogP contribution in [0.5, 0.6) is 5.75 Å². The van der Waals surface area contributed by atoms with Crippen LogP contribution in [0.15, 0.2) is 65.7 Å². The van der Waals surface area contributed by atoms with Gasteiger partial charge in [0.1, 0.15) is 11.3 Å². The van der Waals surface area contributed by atoms with E-state index in [1.54, 1.807) is 45.0 Å². The number of benzene rings is 1. The molecule has 12 unspecified atom stereocenters. The molecule has 1 aromatic carbocycles. The van der Waals surface area contributed by atoms with E-state index < -0.39 is 82.8 Å². The normalized spacial score (nSPS) is 38.6. The standard InChI is InChI=1S/C44H54O13/c1-23-12-10-17-33(52-5)35(23)40(49)55-36-25(3)53-34(21-31(36)45)54-32-16-11-15-30-28(32)19-18-26-13-8-6-7-9-14-27-20-29(39(47)48)24(2)22-44(27)38(46)37(41(50)57-44)56-42(51)43(26,30)4/h9-10,12,14,17-20,24-28,30-32,34,36,45-46H,6-8,11,13,15-16,21-22H2,1-5H3,(H,47,48)/b14-9+. The van der Waals surface area contributed by atoms with Crippen molar-refractivity contribution in [3.8, 4) is 5.75 Å². The van der Waals surface area contributed by atoms with E-state index in [0.29, 0.717) is 37.0 Å². The number of aryl methyl sites for hydroxylation is 1. The highest BCUT2D eigenvalue weighted by molar-refractivity contribution is 5.95. The zero-order chi connectivity index (χ0) is 40.8. The minimum absolute atomic E-state index is 0.00624. The quantitative estimate of drug-likeness (QED) is 0.163. The lowest BCUT2D eigenvalue weighted by molar-refractivity contribution is -0.269. The first-order valence-corrected chi connectivity index (χ1v) is 20.2. The molecule has 0 aromatic heterocycles. The number of ether oxygens (including phenoxy) is 6. The number of carboxylic acids is 1. The molecule has 308 valence electrons. The van der Waals surface area contributed by atoms with Gasteiger partial charge in [-0.1, -0.05) is 62.3 Å². The van der Waals surface area contributed by atoms with Crippen LogP contribution in [0.3, 0.4) is 0 Å². The van der Waals surface area contributed by atoms with Gasteiger partial charge in [0, 0.05) is 30.3 Å². The molecule has 3 aliphatic heterocycles. The molecule has 3 heterocycles. The summed E-state index contributed by atoms with van der Waals surface area (Å²) in [5, 5.41) is 32.8. The molecule has 1 aromatic rings. The topological polar surface area (TPSA) is 184 Å². The fourth-order valence-corrected chi connectivity index (χ4v) is 10.2. The average molecular weight is 791 g/mol. The first-order valence-electron chi connectivity index (χ1n) is 20.2. The predicted octanol–water partition coefficient (Wildman–Crippen LogP) is 6.42. The Labute approximate surface area is 332 Å². The summed E-state index contributed by atoms with van der Waals surface area (Å²) < 4.78 is 35.9. The first-order chi connectivity index (χ1) is 27.2. The maximum absolute atomic E-state index is 14.6. The first kappa shape index (κ1) is 40.7. The Hall–Kier alpha value is -4.46. The maximum Gasteiger partial charge on any atom is 0.379 e. The highest BCUT2D eigenvalue weighted by Gasteiger charge is 2.60. The van der Waals surface area contributed by atoms with Crippen LogP contribution in [0.4, 0.5) is 0 Å². The van der Waals surface area contributed by atoms with E-state index in [4.69, 9.17) is 28.4 Å². The van der Waals surface area contributed by atoms with Crippen LogP contribution < -0.4 is 4.74 Å². The fourth-order valence-electron chi connectivity index (χ4n) is 10.2. The second kappa shape index (κ2) is 16.1. The monoisotopic (exact) mass is 790 g/mol. The number of carbonyl (C=O) groups excluding carboxylic acids is 3. The van der Waals surface area contributed by atoms with E-state index in [9.17, 15) is 34.5 Å². The van der Waals surface area contributed by atoms with Crippen molar-refractivity contribution < 1.29 is 62.9 Å². The molecule has 1 saturated heterocycles. The van der Waals surface area contributed by atoms with Gasteiger partial charge < -0.3 is 43.7 Å². The van der Waals surface area contributed by atoms with Crippen molar-refractivity contribution in [3.63, 3.8) is 0 Å². The molecule has 6 aliphatic rings. The molecular formula is C44H54O13. The molecule has 12 atom stereocenters. The van der Waals surface area contributed by atoms with Crippen molar-refractivity contribution in [2.24, 2.45) is 35.0 Å². The molecule has 57 heavy (non-hydrogen) atoms. The average Bonchev–Trinajstić information content (AvgIpc) is 3.39. The lowest BCUT2D eigenvalue weighted by Crippen LogP contribution is -2.54. The van der Waals surface area contributed by atoms with E-state index >= 15 is 0 Å². The van der Waals surface area contributed by atoms with Crippen LogP contribution in [-0.2, 0) is 38.1 Å². The van der Waals surface area contributed by atoms with Gasteiger partial charge >= 0.3 is 23.9 Å². The number of aliphatic hydroxyl groups is 2. The van der Waals surface area contributed by atoms with E-state index in [1.807, 2.05) is 13.0 Å². The summed E-state index contributed by atoms with van der Waals surface area (Å²) in [5.41, 5.74) is -1.59. The van der Waals surface area contributed by atoms with Gasteiger partial charge in [0.2, 0.25) is 0 Å². The minimum Gasteiger partial charge on any atom is -0.505 e. The number of hydrogen-bond acceptors (Lipinski definition) is 12. The second-order valence-electron chi connectivity index (χ2n) is 16.8. The predicted molar refractivity (Wildman–Crippen MR) is 204 cm³/mol. The van der Waals surface area contributed by atoms with E-state index in [0.717, 1.165) is 19.3 Å². The summed E-state index contributed by atoms with van der Waals surface area (Å²) in [6.45, 7) is 7.08. The van der Waals surface area contributed by atoms with Gasteiger partial charge in [-0.05, 0) is 82.3 Å². The van der Waals surface area contributed by atoms with Crippen molar-refractivity contribution in [2.75, 3.05) is 7.11 Å². The van der Waals surface area contributed by atoms with Gasteiger partial charge in [-0.25, -0.2) is 14.4 Å². The summed E-state index contributed by atoms with van der Waals surface area (Å²) in [7, 11) is 1.48. The number of aliphatic carboxylic acids is 1. The van der Waals surface area contributed by atoms with Crippen LogP contribution in [0.2, 0.25) is 0 Å². The van der Waals surface area contributed by atoms with Gasteiger partial charge in [-0.2, -0.15) is 0 Å². The van der Waals surface area contributed by atoms with E-state index in [2.05, 4.69) is 12.2 Å². The third-order valence-electron chi connectivity index (χ3n) is 13.3. The van der Waals surface area contributed by atoms with Crippen molar-refractivity contribution in [1.82, 2.24) is 0 Å². The minimum atomic E-state index is -1.60. The van der Waals surface area contributed by atoms with Crippen LogP contribution in [0, 0.1) is 41.9 Å². The SMILES string of the molecule is COc1cccc(C)c1C(=O)OC1C(O)CC(OC2CCCC3C2C=CC2CCCC/C=C/C4C=C(C(=O)O)C(C)CC45OC(=O)C(=C5O)OC(=O)C23C)OC1C. The Balaban J connectivity index is 1.11. The number of aliphatic hydroxyl groups excluding tert-OH is 2. The molecule has 3 N–H and O–H groups in total. The van der Waals surface area contributed by atoms with Crippen molar-refractivity contribution >= 4 is 23.9 Å². The molecule has 2 fully saturated rings. The highest BCUT2D eigenvalue weighted by Crippen LogP contribution is 2.55. The Kier molecular flexibility index (Phi) is 11.5. The van der Waals surface area contributed by atoms with Crippen LogP contribution in [0.25, 0.3) is 0 Å². The lowest BCUT2D eigenvalue weighted by atomic mass is 9.55. The summed E-state index contributed by atoms with van der Waals surface area (Å²) in [5.74, 6) is -6.05. The number of carbonyl (C=O) groups is 4. The van der Waals surface area contributed by atoms with Gasteiger partial charge in [-0.15, -0.1) is 0 Å². The zero-order valence-corrected chi connectivity index (χ0v) is 33.2. The molecule has 13 nitrogen and oxygen atoms in total. The van der Waals surface area contributed by atoms with Gasteiger partial charge in [-0.3, -0.25) is 4.79 Å². The number of fused-ring (bicyclic) bond motifs is 3. The molecule has 1 spiro atoms. The second-order valence-corrected chi connectivity index (χ2v) is 16.8. The molecule has 3 aliphatic carbocycles. The maximum atomic E-state index is 14.6.